The highest BCUT2D eigenvalue weighted by Crippen LogP contribution is 2.25. The summed E-state index contributed by atoms with van der Waals surface area (Å²) < 4.78 is 13.7. The fourth-order valence-corrected chi connectivity index (χ4v) is 3.24. The van der Waals surface area contributed by atoms with Crippen LogP contribution in [0.3, 0.4) is 0 Å². The zero-order chi connectivity index (χ0) is 18.5. The van der Waals surface area contributed by atoms with Gasteiger partial charge in [-0.25, -0.2) is 9.37 Å². The van der Waals surface area contributed by atoms with Crippen LogP contribution in [-0.2, 0) is 6.54 Å². The molecule has 0 radical (unpaired) electrons. The van der Waals surface area contributed by atoms with E-state index in [2.05, 4.69) is 25.5 Å². The molecule has 1 aliphatic heterocycles. The highest BCUT2D eigenvalue weighted by atomic mass is 35.5. The second kappa shape index (κ2) is 8.36. The van der Waals surface area contributed by atoms with Crippen molar-refractivity contribution in [3.05, 3.63) is 58.5 Å². The first kappa shape index (κ1) is 18.5. The van der Waals surface area contributed by atoms with E-state index in [4.69, 9.17) is 11.6 Å². The third kappa shape index (κ3) is 4.43. The Kier molecular flexibility index (Phi) is 5.93. The molecule has 1 unspecified atom stereocenters. The third-order valence-corrected chi connectivity index (χ3v) is 4.78. The molecule has 138 valence electrons. The molecule has 1 fully saturated rings. The second-order valence-corrected chi connectivity index (χ2v) is 6.80. The number of rotatable bonds is 4. The highest BCUT2D eigenvalue weighted by molar-refractivity contribution is 6.32. The number of aryl methyl sites for hydroxylation is 1. The van der Waals surface area contributed by atoms with Crippen LogP contribution in [0.4, 0.5) is 10.2 Å². The van der Waals surface area contributed by atoms with Crippen LogP contribution in [0, 0.1) is 12.7 Å². The van der Waals surface area contributed by atoms with Crippen LogP contribution in [0.15, 0.2) is 41.5 Å². The Bertz CT molecular complexity index is 795. The molecule has 0 saturated carbocycles. The molecule has 0 spiro atoms. The Balaban J connectivity index is 1.54. The Morgan fingerprint density at radius 2 is 2.27 bits per heavy atom. The monoisotopic (exact) mass is 375 g/mol. The van der Waals surface area contributed by atoms with Crippen LogP contribution < -0.4 is 15.5 Å². The quantitative estimate of drug-likeness (QED) is 0.636. The van der Waals surface area contributed by atoms with E-state index in [0.717, 1.165) is 30.9 Å². The van der Waals surface area contributed by atoms with E-state index < -0.39 is 0 Å². The van der Waals surface area contributed by atoms with Gasteiger partial charge < -0.3 is 15.5 Å². The van der Waals surface area contributed by atoms with E-state index in [1.165, 1.54) is 0 Å². The van der Waals surface area contributed by atoms with E-state index in [0.29, 0.717) is 23.1 Å². The maximum Gasteiger partial charge on any atom is 0.191 e. The fraction of sp³-hybridized carbons (Fsp3) is 0.368. The van der Waals surface area contributed by atoms with E-state index >= 15 is 0 Å². The summed E-state index contributed by atoms with van der Waals surface area (Å²) >= 11 is 6.24. The predicted molar refractivity (Wildman–Crippen MR) is 104 cm³/mol. The first-order chi connectivity index (χ1) is 12.6. The number of hydrogen-bond acceptors (Lipinski definition) is 3. The van der Waals surface area contributed by atoms with Crippen molar-refractivity contribution in [1.29, 1.82) is 0 Å². The summed E-state index contributed by atoms with van der Waals surface area (Å²) in [7, 11) is 1.73. The predicted octanol–water partition coefficient (Wildman–Crippen LogP) is 3.13. The smallest absolute Gasteiger partial charge is 0.191 e. The number of anilines is 1. The van der Waals surface area contributed by atoms with Crippen molar-refractivity contribution < 1.29 is 4.39 Å². The standard InChI is InChI=1S/C19H23ClFN5/c1-13-5-6-14(10-17(13)21)11-24-19(22-2)25-15-7-9-26(12-15)18-16(20)4-3-8-23-18/h3-6,8,10,15H,7,9,11-12H2,1-2H3,(H2,22,24,25). The van der Waals surface area contributed by atoms with Crippen LogP contribution in [0.2, 0.25) is 5.02 Å². The molecule has 2 heterocycles. The van der Waals surface area contributed by atoms with Gasteiger partial charge in [-0.2, -0.15) is 0 Å². The number of aromatic nitrogens is 1. The lowest BCUT2D eigenvalue weighted by Crippen LogP contribution is -2.44. The van der Waals surface area contributed by atoms with Crippen molar-refractivity contribution in [3.8, 4) is 0 Å². The average Bonchev–Trinajstić information content (AvgIpc) is 3.10. The number of halogens is 2. The van der Waals surface area contributed by atoms with Gasteiger partial charge in [0, 0.05) is 38.9 Å². The molecule has 1 atom stereocenters. The summed E-state index contributed by atoms with van der Waals surface area (Å²) in [5.74, 6) is 1.33. The number of hydrogen-bond donors (Lipinski definition) is 2. The number of guanidine groups is 1. The summed E-state index contributed by atoms with van der Waals surface area (Å²) in [6.07, 6.45) is 2.72. The van der Waals surface area contributed by atoms with E-state index in [1.54, 1.807) is 32.3 Å². The van der Waals surface area contributed by atoms with Gasteiger partial charge in [0.15, 0.2) is 5.96 Å². The molecule has 1 aromatic carbocycles. The van der Waals surface area contributed by atoms with Crippen LogP contribution in [0.25, 0.3) is 0 Å². The van der Waals surface area contributed by atoms with Gasteiger partial charge in [-0.1, -0.05) is 23.7 Å². The first-order valence-corrected chi connectivity index (χ1v) is 9.02. The molecule has 7 heteroatoms. The van der Waals surface area contributed by atoms with E-state index in [1.807, 2.05) is 18.2 Å². The van der Waals surface area contributed by atoms with Crippen molar-refractivity contribution in [2.75, 3.05) is 25.0 Å². The number of nitrogens with one attached hydrogen (secondary N) is 2. The topological polar surface area (TPSA) is 52.6 Å². The van der Waals surface area contributed by atoms with Gasteiger partial charge in [0.25, 0.3) is 0 Å². The maximum atomic E-state index is 13.7. The lowest BCUT2D eigenvalue weighted by Gasteiger charge is -2.20. The molecule has 1 aliphatic rings. The molecule has 3 rings (SSSR count). The molecular weight excluding hydrogens is 353 g/mol. The van der Waals surface area contributed by atoms with Gasteiger partial charge in [-0.15, -0.1) is 0 Å². The molecular formula is C19H23ClFN5. The Morgan fingerprint density at radius 1 is 1.42 bits per heavy atom. The van der Waals surface area contributed by atoms with Gasteiger partial charge in [0.2, 0.25) is 0 Å². The summed E-state index contributed by atoms with van der Waals surface area (Å²) in [6.45, 7) is 3.96. The molecule has 1 aromatic heterocycles. The third-order valence-electron chi connectivity index (χ3n) is 4.49. The second-order valence-electron chi connectivity index (χ2n) is 6.39. The minimum Gasteiger partial charge on any atom is -0.353 e. The Labute approximate surface area is 158 Å². The molecule has 0 amide bonds. The van der Waals surface area contributed by atoms with Crippen LogP contribution in [0.5, 0.6) is 0 Å². The fourth-order valence-electron chi connectivity index (χ4n) is 3.00. The van der Waals surface area contributed by atoms with Crippen molar-refractivity contribution in [3.63, 3.8) is 0 Å². The van der Waals surface area contributed by atoms with Gasteiger partial charge in [0.1, 0.15) is 11.6 Å². The molecule has 1 saturated heterocycles. The summed E-state index contributed by atoms with van der Waals surface area (Å²) in [4.78, 5) is 10.8. The lowest BCUT2D eigenvalue weighted by molar-refractivity contribution is 0.614. The van der Waals surface area contributed by atoms with Crippen molar-refractivity contribution >= 4 is 23.4 Å². The van der Waals surface area contributed by atoms with Gasteiger partial charge in [0.05, 0.1) is 5.02 Å². The van der Waals surface area contributed by atoms with Crippen molar-refractivity contribution in [2.45, 2.75) is 25.9 Å². The molecule has 26 heavy (non-hydrogen) atoms. The minimum atomic E-state index is -0.189. The summed E-state index contributed by atoms with van der Waals surface area (Å²) in [5, 5.41) is 7.31. The molecule has 2 aromatic rings. The van der Waals surface area contributed by atoms with Gasteiger partial charge in [-0.05, 0) is 42.7 Å². The van der Waals surface area contributed by atoms with Crippen molar-refractivity contribution in [1.82, 2.24) is 15.6 Å². The van der Waals surface area contributed by atoms with Crippen molar-refractivity contribution in [2.24, 2.45) is 4.99 Å². The average molecular weight is 376 g/mol. The summed E-state index contributed by atoms with van der Waals surface area (Å²) in [5.41, 5.74) is 1.53. The zero-order valence-corrected chi connectivity index (χ0v) is 15.7. The number of pyridine rings is 1. The minimum absolute atomic E-state index is 0.189. The van der Waals surface area contributed by atoms with E-state index in [-0.39, 0.29) is 11.9 Å². The Morgan fingerprint density at radius 3 is 3.00 bits per heavy atom. The Hall–Kier alpha value is -2.34. The van der Waals surface area contributed by atoms with Crippen LogP contribution in [-0.4, -0.2) is 37.1 Å². The normalized spacial score (nSPS) is 17.5. The van der Waals surface area contributed by atoms with Crippen LogP contribution >= 0.6 is 11.6 Å². The summed E-state index contributed by atoms with van der Waals surface area (Å²) in [6, 6.07) is 9.18. The van der Waals surface area contributed by atoms with Gasteiger partial charge in [-0.3, -0.25) is 4.99 Å². The maximum absolute atomic E-state index is 13.7. The number of nitrogens with zero attached hydrogens (tertiary/aromatic N) is 3. The number of benzene rings is 1. The molecule has 5 nitrogen and oxygen atoms in total. The number of aliphatic imine (C=N–C) groups is 1. The first-order valence-electron chi connectivity index (χ1n) is 8.64. The largest absolute Gasteiger partial charge is 0.353 e. The zero-order valence-electron chi connectivity index (χ0n) is 15.0. The molecule has 0 aliphatic carbocycles. The SMILES string of the molecule is CN=C(NCc1ccc(C)c(F)c1)NC1CCN(c2ncccc2Cl)C1. The molecule has 0 bridgehead atoms. The molecule has 2 N–H and O–H groups in total. The lowest BCUT2D eigenvalue weighted by atomic mass is 10.1. The van der Waals surface area contributed by atoms with E-state index in [9.17, 15) is 4.39 Å². The highest BCUT2D eigenvalue weighted by Gasteiger charge is 2.25. The van der Waals surface area contributed by atoms with Crippen LogP contribution in [0.1, 0.15) is 17.5 Å². The van der Waals surface area contributed by atoms with Gasteiger partial charge >= 0.3 is 0 Å².